The first kappa shape index (κ1) is 18.7. The Labute approximate surface area is 183 Å². The number of fused-ring (bicyclic) bond motifs is 6. The molecule has 0 saturated heterocycles. The lowest BCUT2D eigenvalue weighted by Gasteiger charge is -2.36. The summed E-state index contributed by atoms with van der Waals surface area (Å²) in [6.07, 6.45) is 1.89. The molecule has 0 fully saturated rings. The van der Waals surface area contributed by atoms with Crippen molar-refractivity contribution < 1.29 is 19.1 Å². The third-order valence-corrected chi connectivity index (χ3v) is 6.89. The monoisotopic (exact) mass is 427 g/mol. The SMILES string of the molecule is COC(=O)c1[nH]c(C(=O)OC)c2c1-c1c[nH]c3cccc(c13)[C@@]21CN(C)c2ccccc21. The van der Waals surface area contributed by atoms with Crippen LogP contribution in [0.3, 0.4) is 0 Å². The zero-order chi connectivity index (χ0) is 22.2. The molecule has 2 aromatic heterocycles. The number of aromatic amines is 2. The fourth-order valence-electron chi connectivity index (χ4n) is 5.72. The molecule has 0 saturated carbocycles. The zero-order valence-electron chi connectivity index (χ0n) is 17.9. The molecule has 1 atom stereocenters. The van der Waals surface area contributed by atoms with E-state index in [0.717, 1.165) is 38.8 Å². The predicted molar refractivity (Wildman–Crippen MR) is 120 cm³/mol. The van der Waals surface area contributed by atoms with Crippen LogP contribution in [0.2, 0.25) is 0 Å². The number of methoxy groups -OCH3 is 2. The van der Waals surface area contributed by atoms with E-state index in [-0.39, 0.29) is 11.4 Å². The zero-order valence-corrected chi connectivity index (χ0v) is 17.9. The summed E-state index contributed by atoms with van der Waals surface area (Å²) in [4.78, 5) is 34.5. The van der Waals surface area contributed by atoms with Gasteiger partial charge in [0.1, 0.15) is 11.4 Å². The van der Waals surface area contributed by atoms with Crippen molar-refractivity contribution in [3.05, 3.63) is 76.7 Å². The molecule has 3 heterocycles. The number of nitrogens with zero attached hydrogens (tertiary/aromatic N) is 1. The minimum Gasteiger partial charge on any atom is -0.464 e. The average molecular weight is 427 g/mol. The quantitative estimate of drug-likeness (QED) is 0.475. The lowest BCUT2D eigenvalue weighted by Crippen LogP contribution is -2.37. The first-order chi connectivity index (χ1) is 15.5. The molecule has 2 aromatic carbocycles. The largest absolute Gasteiger partial charge is 0.464 e. The number of ether oxygens (including phenoxy) is 2. The summed E-state index contributed by atoms with van der Waals surface area (Å²) in [6, 6.07) is 14.4. The molecular formula is C25H21N3O4. The molecule has 1 spiro atoms. The van der Waals surface area contributed by atoms with Crippen LogP contribution in [0.4, 0.5) is 5.69 Å². The van der Waals surface area contributed by atoms with Gasteiger partial charge in [-0.2, -0.15) is 0 Å². The highest BCUT2D eigenvalue weighted by molar-refractivity contribution is 6.12. The Balaban J connectivity index is 1.85. The van der Waals surface area contributed by atoms with Crippen LogP contribution in [0.25, 0.3) is 22.0 Å². The maximum Gasteiger partial charge on any atom is 0.355 e. The topological polar surface area (TPSA) is 87.4 Å². The number of esters is 2. The highest BCUT2D eigenvalue weighted by Crippen LogP contribution is 2.58. The second-order valence-corrected chi connectivity index (χ2v) is 8.32. The molecule has 2 N–H and O–H groups in total. The predicted octanol–water partition coefficient (Wildman–Crippen LogP) is 3.83. The van der Waals surface area contributed by atoms with E-state index in [0.29, 0.717) is 12.1 Å². The molecule has 160 valence electrons. The number of anilines is 1. The van der Waals surface area contributed by atoms with E-state index < -0.39 is 17.4 Å². The minimum absolute atomic E-state index is 0.254. The van der Waals surface area contributed by atoms with Crippen molar-refractivity contribution in [2.75, 3.05) is 32.7 Å². The van der Waals surface area contributed by atoms with Crippen molar-refractivity contribution in [3.8, 4) is 11.1 Å². The van der Waals surface area contributed by atoms with Crippen molar-refractivity contribution in [1.82, 2.24) is 9.97 Å². The van der Waals surface area contributed by atoms with Crippen molar-refractivity contribution >= 4 is 28.5 Å². The third-order valence-electron chi connectivity index (χ3n) is 6.89. The van der Waals surface area contributed by atoms with Crippen LogP contribution in [0, 0.1) is 0 Å². The van der Waals surface area contributed by atoms with E-state index in [2.05, 4.69) is 33.1 Å². The molecule has 6 rings (SSSR count). The normalized spacial score (nSPS) is 18.0. The fourth-order valence-corrected chi connectivity index (χ4v) is 5.72. The molecule has 0 amide bonds. The number of para-hydroxylation sites is 1. The van der Waals surface area contributed by atoms with Crippen LogP contribution in [0.1, 0.15) is 37.7 Å². The fraction of sp³-hybridized carbons (Fsp3) is 0.200. The molecule has 0 bridgehead atoms. The Morgan fingerprint density at radius 2 is 1.69 bits per heavy atom. The van der Waals surface area contributed by atoms with Crippen LogP contribution < -0.4 is 4.90 Å². The number of likely N-dealkylation sites (N-methyl/N-ethyl adjacent to an activating group) is 1. The number of carbonyl (C=O) groups is 2. The molecule has 7 nitrogen and oxygen atoms in total. The van der Waals surface area contributed by atoms with Crippen LogP contribution in [0.15, 0.2) is 48.7 Å². The standard InChI is InChI=1S/C25H21N3O4/c1-28-12-25(14-7-4-5-10-17(14)28)15-8-6-9-16-18(15)13(11-26-16)19-20(25)22(24(30)32-3)27-21(19)23(29)31-2/h4-11,26-27H,12H2,1-3H3/t25-/m0/s1. The molecule has 0 radical (unpaired) electrons. The summed E-state index contributed by atoms with van der Waals surface area (Å²) < 4.78 is 10.2. The number of aromatic nitrogens is 2. The van der Waals surface area contributed by atoms with Gasteiger partial charge in [-0.15, -0.1) is 0 Å². The van der Waals surface area contributed by atoms with Crippen molar-refractivity contribution in [1.29, 1.82) is 0 Å². The van der Waals surface area contributed by atoms with Gasteiger partial charge in [0.2, 0.25) is 0 Å². The molecule has 7 heteroatoms. The summed E-state index contributed by atoms with van der Waals surface area (Å²) in [6.45, 7) is 0.617. The van der Waals surface area contributed by atoms with Crippen molar-refractivity contribution in [2.45, 2.75) is 5.41 Å². The number of rotatable bonds is 2. The van der Waals surface area contributed by atoms with Gasteiger partial charge < -0.3 is 24.3 Å². The van der Waals surface area contributed by atoms with Gasteiger partial charge in [-0.05, 0) is 23.3 Å². The van der Waals surface area contributed by atoms with Crippen LogP contribution >= 0.6 is 0 Å². The Kier molecular flexibility index (Phi) is 3.67. The molecule has 1 aliphatic carbocycles. The third kappa shape index (κ3) is 2.05. The van der Waals surface area contributed by atoms with Gasteiger partial charge in [-0.1, -0.05) is 30.3 Å². The van der Waals surface area contributed by atoms with E-state index in [1.54, 1.807) is 0 Å². The van der Waals surface area contributed by atoms with E-state index in [1.165, 1.54) is 14.2 Å². The van der Waals surface area contributed by atoms with Crippen LogP contribution in [-0.4, -0.2) is 49.7 Å². The van der Waals surface area contributed by atoms with Gasteiger partial charge >= 0.3 is 11.9 Å². The summed E-state index contributed by atoms with van der Waals surface area (Å²) in [5.74, 6) is -1.05. The number of carbonyl (C=O) groups excluding carboxylic acids is 2. The first-order valence-electron chi connectivity index (χ1n) is 10.4. The van der Waals surface area contributed by atoms with Crippen LogP contribution in [0.5, 0.6) is 0 Å². The first-order valence-corrected chi connectivity index (χ1v) is 10.4. The molecule has 0 unspecified atom stereocenters. The number of nitrogens with one attached hydrogen (secondary N) is 2. The van der Waals surface area contributed by atoms with Crippen LogP contribution in [-0.2, 0) is 14.9 Å². The summed E-state index contributed by atoms with van der Waals surface area (Å²) >= 11 is 0. The minimum atomic E-state index is -0.665. The molecular weight excluding hydrogens is 406 g/mol. The Hall–Kier alpha value is -4.00. The molecule has 1 aliphatic heterocycles. The maximum absolute atomic E-state index is 13.0. The van der Waals surface area contributed by atoms with E-state index >= 15 is 0 Å². The Bertz CT molecular complexity index is 1450. The number of hydrogen-bond donors (Lipinski definition) is 2. The van der Waals surface area contributed by atoms with Gasteiger partial charge in [0.05, 0.1) is 19.6 Å². The molecule has 2 aliphatic rings. The Morgan fingerprint density at radius 3 is 2.47 bits per heavy atom. The number of hydrogen-bond acceptors (Lipinski definition) is 5. The number of benzene rings is 2. The van der Waals surface area contributed by atoms with E-state index in [9.17, 15) is 9.59 Å². The summed E-state index contributed by atoms with van der Waals surface area (Å²) in [5, 5.41) is 1.05. The van der Waals surface area contributed by atoms with E-state index in [4.69, 9.17) is 9.47 Å². The highest BCUT2D eigenvalue weighted by atomic mass is 16.5. The lowest BCUT2D eigenvalue weighted by atomic mass is 9.64. The maximum atomic E-state index is 13.0. The summed E-state index contributed by atoms with van der Waals surface area (Å²) in [7, 11) is 4.73. The Morgan fingerprint density at radius 1 is 0.969 bits per heavy atom. The van der Waals surface area contributed by atoms with Crippen molar-refractivity contribution in [3.63, 3.8) is 0 Å². The lowest BCUT2D eigenvalue weighted by molar-refractivity contribution is 0.0589. The number of H-pyrrole nitrogens is 2. The second-order valence-electron chi connectivity index (χ2n) is 8.32. The van der Waals surface area contributed by atoms with Gasteiger partial charge in [0.15, 0.2) is 0 Å². The van der Waals surface area contributed by atoms with Gasteiger partial charge in [-0.3, -0.25) is 0 Å². The van der Waals surface area contributed by atoms with Crippen molar-refractivity contribution in [2.24, 2.45) is 0 Å². The molecule has 32 heavy (non-hydrogen) atoms. The summed E-state index contributed by atoms with van der Waals surface area (Å²) in [5.41, 5.74) is 6.42. The second kappa shape index (κ2) is 6.26. The van der Waals surface area contributed by atoms with Gasteiger partial charge in [-0.25, -0.2) is 9.59 Å². The average Bonchev–Trinajstić information content (AvgIpc) is 3.50. The van der Waals surface area contributed by atoms with Gasteiger partial charge in [0, 0.05) is 53.1 Å². The highest BCUT2D eigenvalue weighted by Gasteiger charge is 2.53. The molecule has 4 aromatic rings. The smallest absolute Gasteiger partial charge is 0.355 e. The van der Waals surface area contributed by atoms with Gasteiger partial charge in [0.25, 0.3) is 0 Å². The van der Waals surface area contributed by atoms with E-state index in [1.807, 2.05) is 37.5 Å².